The van der Waals surface area contributed by atoms with Crippen molar-refractivity contribution in [2.45, 2.75) is 26.6 Å². The van der Waals surface area contributed by atoms with Crippen LogP contribution in [0.25, 0.3) is 16.7 Å². The molecule has 3 heterocycles. The van der Waals surface area contributed by atoms with Gasteiger partial charge in [-0.3, -0.25) is 4.79 Å². The largest absolute Gasteiger partial charge is 0.492 e. The summed E-state index contributed by atoms with van der Waals surface area (Å²) >= 11 is 0. The van der Waals surface area contributed by atoms with Gasteiger partial charge in [0, 0.05) is 37.9 Å². The van der Waals surface area contributed by atoms with Gasteiger partial charge in [0.1, 0.15) is 30.1 Å². The minimum atomic E-state index is -4.44. The molecule has 0 aliphatic carbocycles. The lowest BCUT2D eigenvalue weighted by molar-refractivity contribution is -0.137. The van der Waals surface area contributed by atoms with Crippen LogP contribution in [0.4, 0.5) is 18.9 Å². The number of hydrogen-bond donors (Lipinski definition) is 0. The molecule has 0 atom stereocenters. The van der Waals surface area contributed by atoms with Gasteiger partial charge in [-0.05, 0) is 44.2 Å². The van der Waals surface area contributed by atoms with Crippen molar-refractivity contribution >= 4 is 22.6 Å². The molecular formula is C25H26F3N7O2. The Balaban J connectivity index is 1.24. The number of imidazole rings is 1. The molecule has 1 amide bonds. The van der Waals surface area contributed by atoms with E-state index in [1.54, 1.807) is 20.5 Å². The zero-order valence-electron chi connectivity index (χ0n) is 20.4. The van der Waals surface area contributed by atoms with E-state index >= 15 is 0 Å². The van der Waals surface area contributed by atoms with Crippen molar-refractivity contribution in [3.8, 4) is 11.4 Å². The van der Waals surface area contributed by atoms with E-state index in [0.29, 0.717) is 49.9 Å². The number of aryl methyl sites for hydroxylation is 1. The Hall–Kier alpha value is -4.09. The van der Waals surface area contributed by atoms with Crippen molar-refractivity contribution in [2.75, 3.05) is 37.7 Å². The molecule has 0 bridgehead atoms. The van der Waals surface area contributed by atoms with E-state index in [4.69, 9.17) is 4.74 Å². The van der Waals surface area contributed by atoms with Gasteiger partial charge in [-0.2, -0.15) is 18.3 Å². The van der Waals surface area contributed by atoms with Crippen molar-refractivity contribution in [1.29, 1.82) is 0 Å². The SMILES string of the molecule is CCOc1cc(N2CCN(C(=O)Cn3cnc4cc(C(F)(F)F)ccc43)CC2)ccc1-n1cnc(C)n1. The number of hydrogen-bond acceptors (Lipinski definition) is 6. The van der Waals surface area contributed by atoms with Crippen LogP contribution in [0.5, 0.6) is 5.75 Å². The van der Waals surface area contributed by atoms with Crippen LogP contribution in [0.1, 0.15) is 18.3 Å². The van der Waals surface area contributed by atoms with Crippen molar-refractivity contribution in [3.63, 3.8) is 0 Å². The molecule has 2 aromatic heterocycles. The van der Waals surface area contributed by atoms with Crippen LogP contribution in [0.3, 0.4) is 0 Å². The number of carbonyl (C=O) groups excluding carboxylic acids is 1. The highest BCUT2D eigenvalue weighted by Crippen LogP contribution is 2.31. The first-order chi connectivity index (χ1) is 17.7. The standard InChI is InChI=1S/C25H26F3N7O2/c1-3-37-23-13-19(5-7-22(23)35-16-29-17(2)31-35)32-8-10-33(11-9-32)24(36)14-34-15-30-20-12-18(25(26,27)28)4-6-21(20)34/h4-7,12-13,15-16H,3,8-11,14H2,1-2H3. The average Bonchev–Trinajstić information content (AvgIpc) is 3.49. The Kier molecular flexibility index (Phi) is 6.48. The predicted octanol–water partition coefficient (Wildman–Crippen LogP) is 3.69. The molecule has 0 unspecified atom stereocenters. The van der Waals surface area contributed by atoms with E-state index in [0.717, 1.165) is 23.5 Å². The molecule has 5 rings (SSSR count). The fraction of sp³-hybridized carbons (Fsp3) is 0.360. The summed E-state index contributed by atoms with van der Waals surface area (Å²) in [5, 5.41) is 4.37. The third kappa shape index (κ3) is 5.09. The van der Waals surface area contributed by atoms with Gasteiger partial charge in [0.25, 0.3) is 0 Å². The number of alkyl halides is 3. The van der Waals surface area contributed by atoms with Gasteiger partial charge in [0.2, 0.25) is 5.91 Å². The molecule has 37 heavy (non-hydrogen) atoms. The molecule has 0 radical (unpaired) electrons. The Morgan fingerprint density at radius 3 is 2.49 bits per heavy atom. The van der Waals surface area contributed by atoms with Crippen LogP contribution >= 0.6 is 0 Å². The van der Waals surface area contributed by atoms with Crippen molar-refractivity contribution in [2.24, 2.45) is 0 Å². The molecule has 9 nitrogen and oxygen atoms in total. The summed E-state index contributed by atoms with van der Waals surface area (Å²) in [5.74, 6) is 1.26. The minimum Gasteiger partial charge on any atom is -0.492 e. The molecule has 0 N–H and O–H groups in total. The quantitative estimate of drug-likeness (QED) is 0.391. The Morgan fingerprint density at radius 2 is 1.81 bits per heavy atom. The number of anilines is 1. The topological polar surface area (TPSA) is 81.3 Å². The highest BCUT2D eigenvalue weighted by Gasteiger charge is 2.31. The number of piperazine rings is 1. The van der Waals surface area contributed by atoms with Crippen molar-refractivity contribution in [1.82, 2.24) is 29.2 Å². The molecule has 12 heteroatoms. The van der Waals surface area contributed by atoms with Gasteiger partial charge in [0.15, 0.2) is 0 Å². The average molecular weight is 514 g/mol. The zero-order chi connectivity index (χ0) is 26.2. The number of rotatable bonds is 6. The number of ether oxygens (including phenoxy) is 1. The first-order valence-corrected chi connectivity index (χ1v) is 11.9. The van der Waals surface area contributed by atoms with Crippen LogP contribution in [-0.2, 0) is 17.5 Å². The van der Waals surface area contributed by atoms with E-state index in [1.807, 2.05) is 32.0 Å². The van der Waals surface area contributed by atoms with E-state index in [9.17, 15) is 18.0 Å². The van der Waals surface area contributed by atoms with E-state index in [2.05, 4.69) is 20.0 Å². The molecule has 1 aliphatic rings. The third-order valence-electron chi connectivity index (χ3n) is 6.35. The number of aromatic nitrogens is 5. The highest BCUT2D eigenvalue weighted by molar-refractivity contribution is 5.81. The molecule has 1 saturated heterocycles. The van der Waals surface area contributed by atoms with Crippen LogP contribution in [0.15, 0.2) is 49.1 Å². The van der Waals surface area contributed by atoms with Crippen LogP contribution < -0.4 is 9.64 Å². The summed E-state index contributed by atoms with van der Waals surface area (Å²) in [6.45, 7) is 6.60. The van der Waals surface area contributed by atoms with Crippen LogP contribution in [0, 0.1) is 6.92 Å². The zero-order valence-corrected chi connectivity index (χ0v) is 20.4. The summed E-state index contributed by atoms with van der Waals surface area (Å²) in [5.41, 5.74) is 1.73. The van der Waals surface area contributed by atoms with E-state index in [1.165, 1.54) is 12.4 Å². The fourth-order valence-electron chi connectivity index (χ4n) is 4.45. The summed E-state index contributed by atoms with van der Waals surface area (Å²) in [4.78, 5) is 25.2. The molecule has 0 saturated carbocycles. The second-order valence-electron chi connectivity index (χ2n) is 8.76. The molecule has 1 aliphatic heterocycles. The molecule has 194 valence electrons. The van der Waals surface area contributed by atoms with Crippen LogP contribution in [-0.4, -0.2) is 67.9 Å². The van der Waals surface area contributed by atoms with Gasteiger partial charge in [-0.25, -0.2) is 14.6 Å². The number of nitrogens with zero attached hydrogens (tertiary/aromatic N) is 7. The number of carbonyl (C=O) groups is 1. The number of amides is 1. The highest BCUT2D eigenvalue weighted by atomic mass is 19.4. The summed E-state index contributed by atoms with van der Waals surface area (Å²) < 4.78 is 48.1. The van der Waals surface area contributed by atoms with Crippen molar-refractivity contribution < 1.29 is 22.7 Å². The molecule has 4 aromatic rings. The number of benzene rings is 2. The van der Waals surface area contributed by atoms with Gasteiger partial charge < -0.3 is 19.1 Å². The number of halogens is 3. The lowest BCUT2D eigenvalue weighted by Crippen LogP contribution is -2.49. The summed E-state index contributed by atoms with van der Waals surface area (Å²) in [6.07, 6.45) is -1.38. The molecular weight excluding hydrogens is 487 g/mol. The monoisotopic (exact) mass is 513 g/mol. The van der Waals surface area contributed by atoms with Crippen molar-refractivity contribution in [3.05, 3.63) is 60.4 Å². The second kappa shape index (κ2) is 9.75. The van der Waals surface area contributed by atoms with Gasteiger partial charge in [-0.15, -0.1) is 0 Å². The summed E-state index contributed by atoms with van der Waals surface area (Å²) in [7, 11) is 0. The fourth-order valence-corrected chi connectivity index (χ4v) is 4.45. The Bertz CT molecular complexity index is 1420. The second-order valence-corrected chi connectivity index (χ2v) is 8.76. The maximum Gasteiger partial charge on any atom is 0.416 e. The van der Waals surface area contributed by atoms with E-state index in [-0.39, 0.29) is 18.0 Å². The molecule has 1 fully saturated rings. The van der Waals surface area contributed by atoms with E-state index < -0.39 is 11.7 Å². The smallest absolute Gasteiger partial charge is 0.416 e. The van der Waals surface area contributed by atoms with Gasteiger partial charge in [-0.1, -0.05) is 0 Å². The molecule has 2 aromatic carbocycles. The van der Waals surface area contributed by atoms with Gasteiger partial charge >= 0.3 is 6.18 Å². The normalized spacial score (nSPS) is 14.4. The van der Waals surface area contributed by atoms with Crippen LogP contribution in [0.2, 0.25) is 0 Å². The predicted molar refractivity (Wildman–Crippen MR) is 131 cm³/mol. The Morgan fingerprint density at radius 1 is 1.03 bits per heavy atom. The minimum absolute atomic E-state index is 0.0162. The lowest BCUT2D eigenvalue weighted by Gasteiger charge is -2.36. The maximum absolute atomic E-state index is 13.0. The Labute approximate surface area is 211 Å². The third-order valence-corrected chi connectivity index (χ3v) is 6.35. The maximum atomic E-state index is 13.0. The number of fused-ring (bicyclic) bond motifs is 1. The first kappa shape index (κ1) is 24.6. The van der Waals surface area contributed by atoms with Gasteiger partial charge in [0.05, 0.1) is 29.5 Å². The molecule has 0 spiro atoms. The lowest BCUT2D eigenvalue weighted by atomic mass is 10.2. The first-order valence-electron chi connectivity index (χ1n) is 11.9. The summed E-state index contributed by atoms with van der Waals surface area (Å²) in [6, 6.07) is 9.28.